The highest BCUT2D eigenvalue weighted by Gasteiger charge is 2.52. The van der Waals surface area contributed by atoms with E-state index in [9.17, 15) is 15.0 Å². The molecule has 100 valence electrons. The smallest absolute Gasteiger partial charge is 0.257 e. The summed E-state index contributed by atoms with van der Waals surface area (Å²) < 4.78 is 0. The largest absolute Gasteiger partial charge is 0.508 e. The number of hydrogen-bond acceptors (Lipinski definition) is 3. The Morgan fingerprint density at radius 3 is 2.75 bits per heavy atom. The number of hydrogen-bond donors (Lipinski definition) is 2. The first kappa shape index (κ1) is 11.5. The lowest BCUT2D eigenvalue weighted by molar-refractivity contribution is -0.0563. The van der Waals surface area contributed by atoms with Gasteiger partial charge in [-0.2, -0.15) is 0 Å². The first-order valence-electron chi connectivity index (χ1n) is 6.58. The van der Waals surface area contributed by atoms with Gasteiger partial charge in [0, 0.05) is 23.2 Å². The average Bonchev–Trinajstić information content (AvgIpc) is 2.68. The van der Waals surface area contributed by atoms with Crippen LogP contribution in [0, 0.1) is 0 Å². The molecule has 2 heterocycles. The van der Waals surface area contributed by atoms with E-state index in [0.29, 0.717) is 29.7 Å². The molecule has 4 rings (SSSR count). The van der Waals surface area contributed by atoms with E-state index in [1.807, 2.05) is 6.07 Å². The Kier molecular flexibility index (Phi) is 2.07. The van der Waals surface area contributed by atoms with Crippen LogP contribution in [0.2, 0.25) is 0 Å². The number of fused-ring (bicyclic) bond motifs is 5. The summed E-state index contributed by atoms with van der Waals surface area (Å²) in [4.78, 5) is 13.9. The zero-order valence-electron chi connectivity index (χ0n) is 10.7. The fourth-order valence-electron chi connectivity index (χ4n) is 3.32. The number of carbonyl (C=O) groups is 1. The Morgan fingerprint density at radius 1 is 1.10 bits per heavy atom. The monoisotopic (exact) mass is 267 g/mol. The van der Waals surface area contributed by atoms with Gasteiger partial charge in [0.2, 0.25) is 0 Å². The molecule has 0 spiro atoms. The standard InChI is InChI=1S/C16H13NO3/c18-11-5-6-13-10(9-11)7-8-17-15(19)12-3-1-2-4-14(12)16(13,17)20/h1-6,9,18,20H,7-8H2. The van der Waals surface area contributed by atoms with E-state index in [-0.39, 0.29) is 11.7 Å². The van der Waals surface area contributed by atoms with Gasteiger partial charge in [0.15, 0.2) is 5.72 Å². The minimum absolute atomic E-state index is 0.137. The second kappa shape index (κ2) is 3.61. The number of phenols is 1. The molecule has 2 aliphatic rings. The number of nitrogens with zero attached hydrogens (tertiary/aromatic N) is 1. The zero-order chi connectivity index (χ0) is 13.9. The van der Waals surface area contributed by atoms with Crippen LogP contribution < -0.4 is 0 Å². The number of carbonyl (C=O) groups excluding carboxylic acids is 1. The SMILES string of the molecule is O=C1c2ccccc2C2(O)c3ccc(O)cc3CCN12. The summed E-state index contributed by atoms with van der Waals surface area (Å²) in [6.07, 6.45) is 0.631. The van der Waals surface area contributed by atoms with E-state index < -0.39 is 5.72 Å². The molecule has 20 heavy (non-hydrogen) atoms. The molecule has 0 saturated heterocycles. The molecule has 0 bridgehead atoms. The highest BCUT2D eigenvalue weighted by atomic mass is 16.3. The summed E-state index contributed by atoms with van der Waals surface area (Å²) in [5, 5.41) is 20.8. The van der Waals surface area contributed by atoms with Gasteiger partial charge in [-0.25, -0.2) is 0 Å². The molecule has 2 aliphatic heterocycles. The first-order valence-corrected chi connectivity index (χ1v) is 6.58. The summed E-state index contributed by atoms with van der Waals surface area (Å²) in [6, 6.07) is 12.1. The van der Waals surface area contributed by atoms with E-state index in [1.165, 1.54) is 4.90 Å². The summed E-state index contributed by atoms with van der Waals surface area (Å²) in [6.45, 7) is 0.445. The predicted octanol–water partition coefficient (Wildman–Crippen LogP) is 1.60. The molecule has 1 amide bonds. The Bertz CT molecular complexity index is 740. The highest BCUT2D eigenvalue weighted by molar-refractivity contribution is 6.00. The van der Waals surface area contributed by atoms with E-state index in [1.54, 1.807) is 36.4 Å². The fraction of sp³-hybridized carbons (Fsp3) is 0.188. The molecule has 0 radical (unpaired) electrons. The van der Waals surface area contributed by atoms with Crippen LogP contribution >= 0.6 is 0 Å². The minimum atomic E-state index is -1.41. The number of aliphatic hydroxyl groups is 1. The third kappa shape index (κ3) is 1.22. The van der Waals surface area contributed by atoms with Crippen molar-refractivity contribution in [3.8, 4) is 5.75 Å². The summed E-state index contributed by atoms with van der Waals surface area (Å²) in [5.41, 5.74) is 1.33. The van der Waals surface area contributed by atoms with Crippen LogP contribution in [0.4, 0.5) is 0 Å². The topological polar surface area (TPSA) is 60.8 Å². The van der Waals surface area contributed by atoms with Gasteiger partial charge < -0.3 is 15.1 Å². The van der Waals surface area contributed by atoms with Crippen LogP contribution in [0.15, 0.2) is 42.5 Å². The van der Waals surface area contributed by atoms with Crippen molar-refractivity contribution >= 4 is 5.91 Å². The molecule has 0 aliphatic carbocycles. The number of phenolic OH excluding ortho intramolecular Hbond substituents is 1. The molecular formula is C16H13NO3. The van der Waals surface area contributed by atoms with E-state index in [4.69, 9.17) is 0 Å². The molecule has 1 atom stereocenters. The van der Waals surface area contributed by atoms with Gasteiger partial charge >= 0.3 is 0 Å². The third-order valence-corrected chi connectivity index (χ3v) is 4.24. The van der Waals surface area contributed by atoms with Crippen LogP contribution in [0.1, 0.15) is 27.0 Å². The Morgan fingerprint density at radius 2 is 1.90 bits per heavy atom. The van der Waals surface area contributed by atoms with E-state index >= 15 is 0 Å². The van der Waals surface area contributed by atoms with Crippen molar-refractivity contribution in [2.24, 2.45) is 0 Å². The van der Waals surface area contributed by atoms with Crippen molar-refractivity contribution < 1.29 is 15.0 Å². The molecule has 2 aromatic rings. The summed E-state index contributed by atoms with van der Waals surface area (Å²) in [7, 11) is 0. The van der Waals surface area contributed by atoms with Gasteiger partial charge in [-0.15, -0.1) is 0 Å². The summed E-state index contributed by atoms with van der Waals surface area (Å²) in [5.74, 6) is 0.0419. The second-order valence-corrected chi connectivity index (χ2v) is 5.27. The van der Waals surface area contributed by atoms with E-state index in [2.05, 4.69) is 0 Å². The average molecular weight is 267 g/mol. The van der Waals surface area contributed by atoms with Crippen LogP contribution in [0.3, 0.4) is 0 Å². The lowest BCUT2D eigenvalue weighted by atomic mass is 9.86. The Balaban J connectivity index is 2.03. The van der Waals surface area contributed by atoms with Crippen LogP contribution in [-0.4, -0.2) is 27.6 Å². The second-order valence-electron chi connectivity index (χ2n) is 5.27. The van der Waals surface area contributed by atoms with Gasteiger partial charge in [0.25, 0.3) is 5.91 Å². The van der Waals surface area contributed by atoms with Crippen molar-refractivity contribution in [1.82, 2.24) is 4.90 Å². The predicted molar refractivity (Wildman–Crippen MR) is 72.3 cm³/mol. The first-order chi connectivity index (χ1) is 9.62. The molecule has 0 saturated carbocycles. The van der Waals surface area contributed by atoms with Crippen molar-refractivity contribution in [3.63, 3.8) is 0 Å². The molecule has 2 N–H and O–H groups in total. The number of amides is 1. The van der Waals surface area contributed by atoms with Gasteiger partial charge in [-0.3, -0.25) is 4.79 Å². The van der Waals surface area contributed by atoms with Crippen LogP contribution in [0.25, 0.3) is 0 Å². The van der Waals surface area contributed by atoms with Crippen molar-refractivity contribution in [1.29, 1.82) is 0 Å². The highest BCUT2D eigenvalue weighted by Crippen LogP contribution is 2.46. The molecule has 2 aromatic carbocycles. The normalized spacial score (nSPS) is 23.2. The lowest BCUT2D eigenvalue weighted by Crippen LogP contribution is -2.49. The number of rotatable bonds is 0. The molecule has 4 heteroatoms. The minimum Gasteiger partial charge on any atom is -0.508 e. The maximum atomic E-state index is 12.4. The molecule has 1 unspecified atom stereocenters. The third-order valence-electron chi connectivity index (χ3n) is 4.24. The van der Waals surface area contributed by atoms with Crippen LogP contribution in [-0.2, 0) is 12.1 Å². The fourth-order valence-corrected chi connectivity index (χ4v) is 3.32. The molecule has 0 aromatic heterocycles. The maximum Gasteiger partial charge on any atom is 0.257 e. The Labute approximate surface area is 115 Å². The van der Waals surface area contributed by atoms with Gasteiger partial charge in [-0.1, -0.05) is 18.2 Å². The van der Waals surface area contributed by atoms with Crippen molar-refractivity contribution in [2.45, 2.75) is 12.1 Å². The summed E-state index contributed by atoms with van der Waals surface area (Å²) >= 11 is 0. The van der Waals surface area contributed by atoms with Crippen molar-refractivity contribution in [2.75, 3.05) is 6.54 Å². The molecule has 0 fully saturated rings. The van der Waals surface area contributed by atoms with Crippen LogP contribution in [0.5, 0.6) is 5.75 Å². The van der Waals surface area contributed by atoms with Crippen molar-refractivity contribution in [3.05, 3.63) is 64.7 Å². The van der Waals surface area contributed by atoms with E-state index in [0.717, 1.165) is 5.56 Å². The maximum absolute atomic E-state index is 12.4. The molecular weight excluding hydrogens is 254 g/mol. The Hall–Kier alpha value is -2.33. The number of aromatic hydroxyl groups is 1. The zero-order valence-corrected chi connectivity index (χ0v) is 10.7. The van der Waals surface area contributed by atoms with Gasteiger partial charge in [-0.05, 0) is 36.2 Å². The molecule has 4 nitrogen and oxygen atoms in total. The van der Waals surface area contributed by atoms with Gasteiger partial charge in [0.05, 0.1) is 0 Å². The lowest BCUT2D eigenvalue weighted by Gasteiger charge is -2.40. The quantitative estimate of drug-likeness (QED) is 0.762. The van der Waals surface area contributed by atoms with Gasteiger partial charge in [0.1, 0.15) is 5.75 Å². The number of benzene rings is 2.